The molecule has 0 N–H and O–H groups in total. The van der Waals surface area contributed by atoms with E-state index in [1.54, 1.807) is 6.20 Å². The summed E-state index contributed by atoms with van der Waals surface area (Å²) in [5.41, 5.74) is 6.15. The fraction of sp³-hybridized carbons (Fsp3) is 0.136. The summed E-state index contributed by atoms with van der Waals surface area (Å²) in [6.45, 7) is 0.554. The third kappa shape index (κ3) is 3.23. The van der Waals surface area contributed by atoms with Gasteiger partial charge in [0.25, 0.3) is 0 Å². The van der Waals surface area contributed by atoms with Crippen molar-refractivity contribution in [1.82, 2.24) is 4.98 Å². The second-order valence-electron chi connectivity index (χ2n) is 6.04. The molecular formula is C22H19NO. The Morgan fingerprint density at radius 3 is 2.75 bits per heavy atom. The van der Waals surface area contributed by atoms with Crippen molar-refractivity contribution in [2.24, 2.45) is 0 Å². The molecule has 1 aliphatic carbocycles. The van der Waals surface area contributed by atoms with Gasteiger partial charge in [0, 0.05) is 11.8 Å². The first-order chi connectivity index (χ1) is 11.9. The minimum Gasteiger partial charge on any atom is -0.487 e. The van der Waals surface area contributed by atoms with Crippen molar-refractivity contribution in [3.63, 3.8) is 0 Å². The van der Waals surface area contributed by atoms with Gasteiger partial charge in [-0.05, 0) is 47.2 Å². The van der Waals surface area contributed by atoms with E-state index in [-0.39, 0.29) is 0 Å². The molecule has 2 heteroatoms. The second-order valence-corrected chi connectivity index (χ2v) is 6.04. The quantitative estimate of drug-likeness (QED) is 0.653. The van der Waals surface area contributed by atoms with Crippen molar-refractivity contribution in [2.75, 3.05) is 0 Å². The van der Waals surface area contributed by atoms with Crippen LogP contribution in [0.5, 0.6) is 5.75 Å². The molecule has 0 radical (unpaired) electrons. The molecule has 0 fully saturated rings. The minimum atomic E-state index is 0.554. The van der Waals surface area contributed by atoms with Crippen LogP contribution in [0.1, 0.15) is 23.1 Å². The number of benzene rings is 2. The number of allylic oxidation sites excluding steroid dienone is 1. The number of fused-ring (bicyclic) bond motifs is 1. The number of aromatic nitrogens is 1. The zero-order chi connectivity index (χ0) is 16.2. The van der Waals surface area contributed by atoms with Crippen LogP contribution in [-0.4, -0.2) is 4.98 Å². The molecular weight excluding hydrogens is 294 g/mol. The average Bonchev–Trinajstić information content (AvgIpc) is 2.67. The minimum absolute atomic E-state index is 0.554. The fourth-order valence-corrected chi connectivity index (χ4v) is 3.00. The predicted octanol–water partition coefficient (Wildman–Crippen LogP) is 5.29. The van der Waals surface area contributed by atoms with E-state index in [2.05, 4.69) is 53.5 Å². The molecule has 118 valence electrons. The first-order valence-corrected chi connectivity index (χ1v) is 8.30. The standard InChI is InChI=1S/C22H19NO/c1-2-6-17(7-3-1)16-24-22-13-21(14-23-15-22)20-11-10-18-8-4-5-9-19(18)12-20/h1-3,5-7,9-15H,4,8,16H2. The van der Waals surface area contributed by atoms with E-state index in [0.29, 0.717) is 6.61 Å². The zero-order valence-corrected chi connectivity index (χ0v) is 13.5. The van der Waals surface area contributed by atoms with Crippen LogP contribution in [0.3, 0.4) is 0 Å². The first-order valence-electron chi connectivity index (χ1n) is 8.30. The molecule has 4 rings (SSSR count). The maximum Gasteiger partial charge on any atom is 0.138 e. The van der Waals surface area contributed by atoms with Crippen molar-refractivity contribution in [3.05, 3.63) is 89.8 Å². The predicted molar refractivity (Wildman–Crippen MR) is 97.8 cm³/mol. The van der Waals surface area contributed by atoms with E-state index >= 15 is 0 Å². The summed E-state index contributed by atoms with van der Waals surface area (Å²) in [4.78, 5) is 4.34. The third-order valence-corrected chi connectivity index (χ3v) is 4.32. The van der Waals surface area contributed by atoms with E-state index in [1.165, 1.54) is 16.7 Å². The largest absolute Gasteiger partial charge is 0.487 e. The van der Waals surface area contributed by atoms with Crippen LogP contribution >= 0.6 is 0 Å². The van der Waals surface area contributed by atoms with Gasteiger partial charge in [-0.15, -0.1) is 0 Å². The molecule has 1 aromatic heterocycles. The summed E-state index contributed by atoms with van der Waals surface area (Å²) in [5, 5.41) is 0. The molecule has 0 amide bonds. The normalized spacial score (nSPS) is 12.7. The van der Waals surface area contributed by atoms with Gasteiger partial charge in [0.2, 0.25) is 0 Å². The molecule has 2 aromatic carbocycles. The Morgan fingerprint density at radius 2 is 1.83 bits per heavy atom. The number of hydrogen-bond donors (Lipinski definition) is 0. The molecule has 0 unspecified atom stereocenters. The number of aryl methyl sites for hydroxylation is 1. The van der Waals surface area contributed by atoms with E-state index in [1.807, 2.05) is 24.4 Å². The van der Waals surface area contributed by atoms with Crippen LogP contribution in [0.4, 0.5) is 0 Å². The third-order valence-electron chi connectivity index (χ3n) is 4.32. The lowest BCUT2D eigenvalue weighted by molar-refractivity contribution is 0.305. The van der Waals surface area contributed by atoms with Gasteiger partial charge in [0.05, 0.1) is 6.20 Å². The Morgan fingerprint density at radius 1 is 0.917 bits per heavy atom. The number of nitrogens with zero attached hydrogens (tertiary/aromatic N) is 1. The van der Waals surface area contributed by atoms with Gasteiger partial charge in [0.1, 0.15) is 12.4 Å². The van der Waals surface area contributed by atoms with Gasteiger partial charge >= 0.3 is 0 Å². The van der Waals surface area contributed by atoms with Gasteiger partial charge in [-0.3, -0.25) is 4.98 Å². The Bertz CT molecular complexity index is 868. The van der Waals surface area contributed by atoms with E-state index < -0.39 is 0 Å². The summed E-state index contributed by atoms with van der Waals surface area (Å²) in [6.07, 6.45) is 10.4. The summed E-state index contributed by atoms with van der Waals surface area (Å²) >= 11 is 0. The Labute approximate surface area is 142 Å². The van der Waals surface area contributed by atoms with Crippen molar-refractivity contribution in [1.29, 1.82) is 0 Å². The zero-order valence-electron chi connectivity index (χ0n) is 13.5. The number of hydrogen-bond acceptors (Lipinski definition) is 2. The van der Waals surface area contributed by atoms with E-state index in [0.717, 1.165) is 29.7 Å². The van der Waals surface area contributed by atoms with Crippen LogP contribution in [0, 0.1) is 0 Å². The smallest absolute Gasteiger partial charge is 0.138 e. The average molecular weight is 313 g/mol. The number of rotatable bonds is 4. The summed E-state index contributed by atoms with van der Waals surface area (Å²) < 4.78 is 5.89. The molecule has 3 aromatic rings. The summed E-state index contributed by atoms with van der Waals surface area (Å²) in [7, 11) is 0. The molecule has 24 heavy (non-hydrogen) atoms. The Kier molecular flexibility index (Phi) is 4.11. The van der Waals surface area contributed by atoms with Crippen LogP contribution < -0.4 is 4.74 Å². The van der Waals surface area contributed by atoms with Crippen molar-refractivity contribution >= 4 is 6.08 Å². The maximum atomic E-state index is 5.89. The molecule has 0 atom stereocenters. The first kappa shape index (κ1) is 14.7. The fourth-order valence-electron chi connectivity index (χ4n) is 3.00. The van der Waals surface area contributed by atoms with Crippen molar-refractivity contribution in [3.8, 4) is 16.9 Å². The molecule has 0 saturated heterocycles. The second kappa shape index (κ2) is 6.71. The number of pyridine rings is 1. The van der Waals surface area contributed by atoms with Gasteiger partial charge in [-0.25, -0.2) is 0 Å². The monoisotopic (exact) mass is 313 g/mol. The van der Waals surface area contributed by atoms with Crippen LogP contribution in [0.2, 0.25) is 0 Å². The molecule has 1 heterocycles. The van der Waals surface area contributed by atoms with Crippen LogP contribution in [-0.2, 0) is 13.0 Å². The van der Waals surface area contributed by atoms with Gasteiger partial charge in [-0.2, -0.15) is 0 Å². The molecule has 0 aliphatic heterocycles. The van der Waals surface area contributed by atoms with E-state index in [4.69, 9.17) is 4.74 Å². The summed E-state index contributed by atoms with van der Waals surface area (Å²) in [6, 6.07) is 18.9. The molecule has 0 bridgehead atoms. The van der Waals surface area contributed by atoms with Gasteiger partial charge < -0.3 is 4.74 Å². The highest BCUT2D eigenvalue weighted by molar-refractivity contribution is 5.70. The van der Waals surface area contributed by atoms with Crippen LogP contribution in [0.25, 0.3) is 17.2 Å². The molecule has 1 aliphatic rings. The highest BCUT2D eigenvalue weighted by atomic mass is 16.5. The maximum absolute atomic E-state index is 5.89. The highest BCUT2D eigenvalue weighted by Gasteiger charge is 2.07. The van der Waals surface area contributed by atoms with E-state index in [9.17, 15) is 0 Å². The SMILES string of the molecule is C1=Cc2cc(-c3cncc(OCc4ccccc4)c3)ccc2CC1. The Hall–Kier alpha value is -2.87. The molecule has 0 spiro atoms. The van der Waals surface area contributed by atoms with Gasteiger partial charge in [0.15, 0.2) is 0 Å². The van der Waals surface area contributed by atoms with Crippen molar-refractivity contribution in [2.45, 2.75) is 19.4 Å². The highest BCUT2D eigenvalue weighted by Crippen LogP contribution is 2.28. The summed E-state index contributed by atoms with van der Waals surface area (Å²) in [5.74, 6) is 0.796. The Balaban J connectivity index is 1.55. The number of ether oxygens (including phenoxy) is 1. The van der Waals surface area contributed by atoms with Gasteiger partial charge in [-0.1, -0.05) is 54.6 Å². The molecule has 0 saturated carbocycles. The van der Waals surface area contributed by atoms with Crippen molar-refractivity contribution < 1.29 is 4.74 Å². The van der Waals surface area contributed by atoms with Crippen LogP contribution in [0.15, 0.2) is 73.1 Å². The topological polar surface area (TPSA) is 22.1 Å². The lowest BCUT2D eigenvalue weighted by Crippen LogP contribution is -1.96. The lowest BCUT2D eigenvalue weighted by atomic mass is 9.94. The molecule has 2 nitrogen and oxygen atoms in total. The lowest BCUT2D eigenvalue weighted by Gasteiger charge is -2.13.